The second kappa shape index (κ2) is 5.65. The fraction of sp³-hybridized carbons (Fsp3) is 0.417. The van der Waals surface area contributed by atoms with E-state index in [9.17, 15) is 9.18 Å². The number of esters is 1. The zero-order valence-corrected chi connectivity index (χ0v) is 10.6. The lowest BCUT2D eigenvalue weighted by molar-refractivity contribution is -0.145. The molecule has 4 nitrogen and oxygen atoms in total. The minimum atomic E-state index is -0.579. The average molecular weight is 272 g/mol. The molecule has 0 aliphatic carbocycles. The van der Waals surface area contributed by atoms with Crippen molar-refractivity contribution >= 4 is 17.6 Å². The van der Waals surface area contributed by atoms with Crippen LogP contribution in [0.2, 0.25) is 5.02 Å². The van der Waals surface area contributed by atoms with Gasteiger partial charge in [-0.3, -0.25) is 4.79 Å². The molecular weight excluding hydrogens is 259 g/mol. The number of hydrogen-bond acceptors (Lipinski definition) is 3. The molecule has 0 bridgehead atoms. The highest BCUT2D eigenvalue weighted by molar-refractivity contribution is 6.30. The van der Waals surface area contributed by atoms with Crippen LogP contribution in [0.25, 0.3) is 0 Å². The fourth-order valence-electron chi connectivity index (χ4n) is 1.88. The van der Waals surface area contributed by atoms with Crippen LogP contribution in [0, 0.1) is 5.82 Å². The molecule has 1 saturated heterocycles. The van der Waals surface area contributed by atoms with Gasteiger partial charge in [0, 0.05) is 10.6 Å². The van der Waals surface area contributed by atoms with E-state index in [4.69, 9.17) is 16.3 Å². The first-order chi connectivity index (χ1) is 8.61. The second-order valence-corrected chi connectivity index (χ2v) is 4.42. The molecule has 2 atom stereocenters. The number of carbonyl (C=O) groups excluding carboxylic acids is 1. The number of carbonyl (C=O) groups is 1. The third-order valence-corrected chi connectivity index (χ3v) is 2.98. The van der Waals surface area contributed by atoms with E-state index in [2.05, 4.69) is 10.9 Å². The minimum absolute atomic E-state index is 0.310. The van der Waals surface area contributed by atoms with E-state index in [-0.39, 0.29) is 12.0 Å². The van der Waals surface area contributed by atoms with E-state index in [1.165, 1.54) is 6.07 Å². The zero-order chi connectivity index (χ0) is 13.1. The summed E-state index contributed by atoms with van der Waals surface area (Å²) < 4.78 is 18.6. The monoisotopic (exact) mass is 271 g/mol. The van der Waals surface area contributed by atoms with E-state index in [0.29, 0.717) is 23.6 Å². The van der Waals surface area contributed by atoms with Gasteiger partial charge in [0.1, 0.15) is 11.9 Å². The van der Waals surface area contributed by atoms with Crippen LogP contribution in [0.15, 0.2) is 18.2 Å². The Balaban J connectivity index is 2.06. The highest BCUT2D eigenvalue weighted by Gasteiger charge is 2.33. The largest absolute Gasteiger partial charge is 0.465 e. The molecule has 1 radical (unpaired) electrons. The Morgan fingerprint density at radius 3 is 3.11 bits per heavy atom. The number of rotatable bonds is 3. The number of nitrogens with zero attached hydrogens (tertiary/aromatic N) is 1. The summed E-state index contributed by atoms with van der Waals surface area (Å²) in [5.41, 5.74) is 7.17. The van der Waals surface area contributed by atoms with Crippen molar-refractivity contribution in [2.24, 2.45) is 0 Å². The fourth-order valence-corrected chi connectivity index (χ4v) is 2.04. The molecule has 97 valence electrons. The molecule has 0 saturated carbocycles. The third-order valence-electron chi connectivity index (χ3n) is 2.74. The van der Waals surface area contributed by atoms with Crippen LogP contribution >= 0.6 is 11.6 Å². The minimum Gasteiger partial charge on any atom is -0.465 e. The van der Waals surface area contributed by atoms with Crippen molar-refractivity contribution in [2.45, 2.75) is 25.4 Å². The second-order valence-electron chi connectivity index (χ2n) is 3.98. The Hall–Kier alpha value is -1.17. The van der Waals surface area contributed by atoms with Gasteiger partial charge < -0.3 is 4.74 Å². The summed E-state index contributed by atoms with van der Waals surface area (Å²) in [4.78, 5) is 11.5. The van der Waals surface area contributed by atoms with Gasteiger partial charge >= 0.3 is 5.97 Å². The Morgan fingerprint density at radius 2 is 2.44 bits per heavy atom. The van der Waals surface area contributed by atoms with Crippen LogP contribution < -0.4 is 10.9 Å². The number of ether oxygens (including phenoxy) is 1. The smallest absolute Gasteiger partial charge is 0.326 e. The van der Waals surface area contributed by atoms with Gasteiger partial charge in [-0.05, 0) is 25.5 Å². The third kappa shape index (κ3) is 2.80. The predicted octanol–water partition coefficient (Wildman–Crippen LogP) is 1.96. The van der Waals surface area contributed by atoms with E-state index >= 15 is 0 Å². The topological polar surface area (TPSA) is 52.4 Å². The maximum absolute atomic E-state index is 13.7. The molecular formula is C12H13ClFN2O2. The van der Waals surface area contributed by atoms with Crippen LogP contribution in [0.3, 0.4) is 0 Å². The van der Waals surface area contributed by atoms with Crippen molar-refractivity contribution in [3.8, 4) is 0 Å². The maximum atomic E-state index is 13.7. The van der Waals surface area contributed by atoms with E-state index < -0.39 is 11.9 Å². The van der Waals surface area contributed by atoms with Gasteiger partial charge in [0.05, 0.1) is 12.6 Å². The van der Waals surface area contributed by atoms with Gasteiger partial charge in [0.2, 0.25) is 0 Å². The number of hydrogen-bond donors (Lipinski definition) is 1. The van der Waals surface area contributed by atoms with Crippen LogP contribution in [-0.2, 0) is 9.53 Å². The first-order valence-electron chi connectivity index (χ1n) is 5.68. The van der Waals surface area contributed by atoms with Crippen LogP contribution in [0.1, 0.15) is 24.9 Å². The van der Waals surface area contributed by atoms with Gasteiger partial charge in [0.15, 0.2) is 0 Å². The molecule has 1 aromatic rings. The maximum Gasteiger partial charge on any atom is 0.326 e. The van der Waals surface area contributed by atoms with Crippen LogP contribution in [-0.4, -0.2) is 18.6 Å². The van der Waals surface area contributed by atoms with Crippen LogP contribution in [0.4, 0.5) is 4.39 Å². The summed E-state index contributed by atoms with van der Waals surface area (Å²) in [5.74, 6) is -0.790. The molecule has 1 fully saturated rings. The summed E-state index contributed by atoms with van der Waals surface area (Å²) in [5, 5.41) is 0.341. The molecule has 0 amide bonds. The molecule has 6 heteroatoms. The lowest BCUT2D eigenvalue weighted by Crippen LogP contribution is -2.31. The van der Waals surface area contributed by atoms with Crippen molar-refractivity contribution in [2.75, 3.05) is 6.61 Å². The normalized spacial score (nSPS) is 23.1. The molecule has 1 N–H and O–H groups in total. The average Bonchev–Trinajstić information content (AvgIpc) is 2.78. The Morgan fingerprint density at radius 1 is 1.67 bits per heavy atom. The number of halogens is 2. The summed E-state index contributed by atoms with van der Waals surface area (Å²) in [7, 11) is 0. The van der Waals surface area contributed by atoms with Crippen molar-refractivity contribution in [1.82, 2.24) is 10.9 Å². The summed E-state index contributed by atoms with van der Waals surface area (Å²) in [6.45, 7) is 2.04. The van der Waals surface area contributed by atoms with Crippen molar-refractivity contribution in [3.63, 3.8) is 0 Å². The lowest BCUT2D eigenvalue weighted by atomic mass is 10.0. The quantitative estimate of drug-likeness (QED) is 0.855. The predicted molar refractivity (Wildman–Crippen MR) is 64.5 cm³/mol. The zero-order valence-electron chi connectivity index (χ0n) is 9.82. The van der Waals surface area contributed by atoms with E-state index in [1.807, 2.05) is 0 Å². The van der Waals surface area contributed by atoms with E-state index in [1.54, 1.807) is 19.1 Å². The molecule has 1 aliphatic heterocycles. The molecule has 2 rings (SSSR count). The van der Waals surface area contributed by atoms with Gasteiger partial charge in [-0.1, -0.05) is 17.7 Å². The number of benzene rings is 1. The van der Waals surface area contributed by atoms with Crippen molar-refractivity contribution in [1.29, 1.82) is 0 Å². The highest BCUT2D eigenvalue weighted by Crippen LogP contribution is 2.27. The van der Waals surface area contributed by atoms with Gasteiger partial charge in [-0.2, -0.15) is 0 Å². The molecule has 2 unspecified atom stereocenters. The van der Waals surface area contributed by atoms with Crippen molar-refractivity contribution in [3.05, 3.63) is 34.6 Å². The first kappa shape index (κ1) is 13.3. The summed E-state index contributed by atoms with van der Waals surface area (Å²) in [6.07, 6.45) is 0.386. The molecule has 1 aliphatic rings. The standard InChI is InChI=1S/C12H13ClFN2O2/c1-2-18-12(17)11-6-10(15-16-11)8-4-3-7(13)5-9(8)14/h3-5,10-11,15H,2,6H2,1H3. The summed E-state index contributed by atoms with van der Waals surface area (Å²) >= 11 is 5.69. The number of nitrogens with one attached hydrogen (secondary N) is 1. The Labute approximate surface area is 109 Å². The molecule has 18 heavy (non-hydrogen) atoms. The molecule has 0 aromatic heterocycles. The van der Waals surface area contributed by atoms with Gasteiger partial charge in [0.25, 0.3) is 0 Å². The Bertz CT molecular complexity index is 456. The SMILES string of the molecule is CCOC(=O)C1CC(c2ccc(Cl)cc2F)N[N]1. The van der Waals surface area contributed by atoms with Crippen LogP contribution in [0.5, 0.6) is 0 Å². The molecule has 1 heterocycles. The first-order valence-corrected chi connectivity index (χ1v) is 6.06. The molecule has 1 aromatic carbocycles. The Kier molecular flexibility index (Phi) is 4.16. The van der Waals surface area contributed by atoms with Gasteiger partial charge in [-0.15, -0.1) is 5.43 Å². The van der Waals surface area contributed by atoms with Gasteiger partial charge in [-0.25, -0.2) is 9.82 Å². The van der Waals surface area contributed by atoms with E-state index in [0.717, 1.165) is 0 Å². The highest BCUT2D eigenvalue weighted by atomic mass is 35.5. The summed E-state index contributed by atoms with van der Waals surface area (Å²) in [6, 6.07) is 3.55. The molecule has 0 spiro atoms. The lowest BCUT2D eigenvalue weighted by Gasteiger charge is -2.10. The van der Waals surface area contributed by atoms with Crippen molar-refractivity contribution < 1.29 is 13.9 Å².